The van der Waals surface area contributed by atoms with Gasteiger partial charge in [-0.15, -0.1) is 0 Å². The second-order valence-corrected chi connectivity index (χ2v) is 7.27. The summed E-state index contributed by atoms with van der Waals surface area (Å²) >= 11 is 0. The predicted molar refractivity (Wildman–Crippen MR) is 100 cm³/mol. The zero-order valence-corrected chi connectivity index (χ0v) is 15.4. The Morgan fingerprint density at radius 1 is 1.32 bits per heavy atom. The van der Waals surface area contributed by atoms with E-state index in [-0.39, 0.29) is 0 Å². The standard InChI is InChI=1S/C19H30FN5/c1-3-14(2)25-11-15(17-18(25)19(21)23-13-22-17)7-5-4-6-9-24-10-8-16(20)12-24/h11,13-14,16H,3-10,12H2,1-2H3,(H2,21,22,23). The highest BCUT2D eigenvalue weighted by molar-refractivity contribution is 5.88. The molecular formula is C19H30FN5. The summed E-state index contributed by atoms with van der Waals surface area (Å²) in [6.07, 6.45) is 9.31. The van der Waals surface area contributed by atoms with E-state index in [4.69, 9.17) is 5.73 Å². The summed E-state index contributed by atoms with van der Waals surface area (Å²) in [6.45, 7) is 6.93. The van der Waals surface area contributed by atoms with E-state index in [2.05, 4.69) is 39.5 Å². The largest absolute Gasteiger partial charge is 0.382 e. The van der Waals surface area contributed by atoms with Crippen molar-refractivity contribution in [3.8, 4) is 0 Å². The molecule has 0 saturated carbocycles. The van der Waals surface area contributed by atoms with E-state index >= 15 is 0 Å². The van der Waals surface area contributed by atoms with E-state index in [1.54, 1.807) is 6.33 Å². The van der Waals surface area contributed by atoms with Crippen molar-refractivity contribution in [1.29, 1.82) is 0 Å². The lowest BCUT2D eigenvalue weighted by Gasteiger charge is -2.13. The minimum Gasteiger partial charge on any atom is -0.382 e. The van der Waals surface area contributed by atoms with Crippen LogP contribution in [0.3, 0.4) is 0 Å². The first kappa shape index (κ1) is 18.1. The summed E-state index contributed by atoms with van der Waals surface area (Å²) in [4.78, 5) is 10.9. The van der Waals surface area contributed by atoms with Gasteiger partial charge in [0.05, 0.1) is 5.52 Å². The molecule has 25 heavy (non-hydrogen) atoms. The first-order valence-corrected chi connectivity index (χ1v) is 9.56. The van der Waals surface area contributed by atoms with Crippen LogP contribution in [-0.4, -0.2) is 45.2 Å². The number of nitrogens with zero attached hydrogens (tertiary/aromatic N) is 4. The predicted octanol–water partition coefficient (Wildman–Crippen LogP) is 3.74. The Morgan fingerprint density at radius 2 is 2.16 bits per heavy atom. The molecule has 0 aromatic carbocycles. The number of hydrogen-bond donors (Lipinski definition) is 1. The van der Waals surface area contributed by atoms with Crippen molar-refractivity contribution in [3.63, 3.8) is 0 Å². The summed E-state index contributed by atoms with van der Waals surface area (Å²) in [6, 6.07) is 0.383. The highest BCUT2D eigenvalue weighted by Gasteiger charge is 2.21. The molecule has 2 unspecified atom stereocenters. The number of anilines is 1. The molecule has 0 bridgehead atoms. The van der Waals surface area contributed by atoms with Crippen molar-refractivity contribution in [3.05, 3.63) is 18.1 Å². The van der Waals surface area contributed by atoms with Crippen LogP contribution >= 0.6 is 0 Å². The molecule has 2 aromatic heterocycles. The fraction of sp³-hybridized carbons (Fsp3) is 0.684. The zero-order valence-electron chi connectivity index (χ0n) is 15.4. The molecule has 3 rings (SSSR count). The number of nitrogens with two attached hydrogens (primary N) is 1. The quantitative estimate of drug-likeness (QED) is 0.739. The summed E-state index contributed by atoms with van der Waals surface area (Å²) in [5, 5.41) is 0. The van der Waals surface area contributed by atoms with Gasteiger partial charge in [-0.2, -0.15) is 0 Å². The molecule has 0 spiro atoms. The van der Waals surface area contributed by atoms with Gasteiger partial charge in [-0.25, -0.2) is 14.4 Å². The summed E-state index contributed by atoms with van der Waals surface area (Å²) < 4.78 is 15.4. The van der Waals surface area contributed by atoms with Gasteiger partial charge < -0.3 is 15.2 Å². The molecule has 138 valence electrons. The highest BCUT2D eigenvalue weighted by Crippen LogP contribution is 2.28. The molecular weight excluding hydrogens is 317 g/mol. The van der Waals surface area contributed by atoms with Gasteiger partial charge in [0.2, 0.25) is 0 Å². The fourth-order valence-electron chi connectivity index (χ4n) is 3.72. The van der Waals surface area contributed by atoms with Gasteiger partial charge in [-0.3, -0.25) is 0 Å². The minimum absolute atomic E-state index is 0.383. The number of likely N-dealkylation sites (tertiary alicyclic amines) is 1. The van der Waals surface area contributed by atoms with Crippen LogP contribution in [0.4, 0.5) is 10.2 Å². The zero-order chi connectivity index (χ0) is 17.8. The van der Waals surface area contributed by atoms with Gasteiger partial charge in [0.1, 0.15) is 18.0 Å². The normalized spacial score (nSPS) is 19.7. The lowest BCUT2D eigenvalue weighted by molar-refractivity contribution is 0.283. The van der Waals surface area contributed by atoms with Gasteiger partial charge in [-0.05, 0) is 51.1 Å². The number of hydrogen-bond acceptors (Lipinski definition) is 4. The minimum atomic E-state index is -0.614. The number of fused-ring (bicyclic) bond motifs is 1. The monoisotopic (exact) mass is 347 g/mol. The molecule has 1 aliphatic heterocycles. The van der Waals surface area contributed by atoms with Gasteiger partial charge in [-0.1, -0.05) is 13.3 Å². The molecule has 1 saturated heterocycles. The molecule has 0 amide bonds. The number of alkyl halides is 1. The molecule has 0 radical (unpaired) electrons. The summed E-state index contributed by atoms with van der Waals surface area (Å²) in [7, 11) is 0. The average Bonchev–Trinajstić information content (AvgIpc) is 3.19. The van der Waals surface area contributed by atoms with Crippen molar-refractivity contribution in [2.24, 2.45) is 0 Å². The number of nitrogen functional groups attached to an aromatic ring is 1. The number of halogens is 1. The fourth-order valence-corrected chi connectivity index (χ4v) is 3.72. The number of unbranched alkanes of at least 4 members (excludes halogenated alkanes) is 2. The maximum atomic E-state index is 13.2. The number of aryl methyl sites for hydroxylation is 1. The van der Waals surface area contributed by atoms with Crippen LogP contribution in [-0.2, 0) is 6.42 Å². The van der Waals surface area contributed by atoms with E-state index < -0.39 is 6.17 Å². The summed E-state index contributed by atoms with van der Waals surface area (Å²) in [5.74, 6) is 0.561. The highest BCUT2D eigenvalue weighted by atomic mass is 19.1. The second kappa shape index (κ2) is 8.13. The molecule has 2 aromatic rings. The SMILES string of the molecule is CCC(C)n1cc(CCCCCN2CCC(F)C2)c2ncnc(N)c21. The smallest absolute Gasteiger partial charge is 0.151 e. The second-order valence-electron chi connectivity index (χ2n) is 7.27. The molecule has 2 N–H and O–H groups in total. The van der Waals surface area contributed by atoms with Crippen molar-refractivity contribution in [2.45, 2.75) is 64.6 Å². The van der Waals surface area contributed by atoms with Crippen LogP contribution in [0.25, 0.3) is 11.0 Å². The Balaban J connectivity index is 1.59. The van der Waals surface area contributed by atoms with Gasteiger partial charge >= 0.3 is 0 Å². The summed E-state index contributed by atoms with van der Waals surface area (Å²) in [5.41, 5.74) is 9.33. The van der Waals surface area contributed by atoms with Gasteiger partial charge in [0.25, 0.3) is 0 Å². The molecule has 1 aliphatic rings. The maximum absolute atomic E-state index is 13.2. The number of rotatable bonds is 8. The van der Waals surface area contributed by atoms with E-state index in [0.717, 1.165) is 56.2 Å². The third-order valence-corrected chi connectivity index (χ3v) is 5.41. The van der Waals surface area contributed by atoms with E-state index in [1.807, 2.05) is 0 Å². The van der Waals surface area contributed by atoms with E-state index in [0.29, 0.717) is 24.8 Å². The Morgan fingerprint density at radius 3 is 2.88 bits per heavy atom. The van der Waals surface area contributed by atoms with E-state index in [9.17, 15) is 4.39 Å². The van der Waals surface area contributed by atoms with Crippen molar-refractivity contribution >= 4 is 16.9 Å². The van der Waals surface area contributed by atoms with Crippen LogP contribution in [0, 0.1) is 0 Å². The van der Waals surface area contributed by atoms with Crippen LogP contribution in [0.1, 0.15) is 57.6 Å². The van der Waals surface area contributed by atoms with Crippen molar-refractivity contribution in [1.82, 2.24) is 19.4 Å². The maximum Gasteiger partial charge on any atom is 0.151 e. The lowest BCUT2D eigenvalue weighted by Crippen LogP contribution is -2.22. The first-order chi connectivity index (χ1) is 12.1. The van der Waals surface area contributed by atoms with Crippen LogP contribution in [0.5, 0.6) is 0 Å². The Bertz CT molecular complexity index is 698. The van der Waals surface area contributed by atoms with Crippen LogP contribution in [0.2, 0.25) is 0 Å². The van der Waals surface area contributed by atoms with Gasteiger partial charge in [0.15, 0.2) is 5.82 Å². The molecule has 0 aliphatic carbocycles. The Labute approximate surface area is 149 Å². The lowest BCUT2D eigenvalue weighted by atomic mass is 10.1. The van der Waals surface area contributed by atoms with Crippen molar-refractivity contribution in [2.75, 3.05) is 25.4 Å². The number of aromatic nitrogens is 3. The Hall–Kier alpha value is -1.69. The molecule has 5 nitrogen and oxygen atoms in total. The topological polar surface area (TPSA) is 60.0 Å². The molecule has 2 atom stereocenters. The third-order valence-electron chi connectivity index (χ3n) is 5.41. The van der Waals surface area contributed by atoms with Crippen molar-refractivity contribution < 1.29 is 4.39 Å². The molecule has 6 heteroatoms. The van der Waals surface area contributed by atoms with Crippen LogP contribution < -0.4 is 5.73 Å². The van der Waals surface area contributed by atoms with Gasteiger partial charge in [0, 0.05) is 25.3 Å². The van der Waals surface area contributed by atoms with E-state index in [1.165, 1.54) is 5.56 Å². The van der Waals surface area contributed by atoms with Crippen LogP contribution in [0.15, 0.2) is 12.5 Å². The molecule has 1 fully saturated rings. The Kier molecular flexibility index (Phi) is 5.89. The molecule has 3 heterocycles. The third kappa shape index (κ3) is 4.11. The average molecular weight is 347 g/mol. The first-order valence-electron chi connectivity index (χ1n) is 9.56.